The Labute approximate surface area is 181 Å². The monoisotopic (exact) mass is 427 g/mol. The summed E-state index contributed by atoms with van der Waals surface area (Å²) in [6.45, 7) is 0.305. The minimum absolute atomic E-state index is 0.205. The van der Waals surface area contributed by atoms with Gasteiger partial charge in [0.15, 0.2) is 0 Å². The van der Waals surface area contributed by atoms with Crippen molar-refractivity contribution in [1.29, 1.82) is 0 Å². The summed E-state index contributed by atoms with van der Waals surface area (Å²) in [7, 11) is 0. The first-order valence-electron chi connectivity index (χ1n) is 10.2. The average Bonchev–Trinajstić information content (AvgIpc) is 3.51. The molecule has 2 aromatic heterocycles. The molecule has 2 aliphatic rings. The Hall–Kier alpha value is -4.34. The van der Waals surface area contributed by atoms with Crippen LogP contribution in [0.5, 0.6) is 0 Å². The third-order valence-electron chi connectivity index (χ3n) is 5.98. The summed E-state index contributed by atoms with van der Waals surface area (Å²) < 4.78 is 1.64. The number of piperidine rings is 1. The number of para-hydroxylation sites is 1. The number of rotatable bonds is 3. The molecule has 10 heteroatoms. The molecule has 2 aliphatic heterocycles. The van der Waals surface area contributed by atoms with Crippen molar-refractivity contribution in [3.8, 4) is 17.1 Å². The molecule has 1 atom stereocenters. The second kappa shape index (κ2) is 6.84. The molecule has 6 rings (SSSR count). The van der Waals surface area contributed by atoms with E-state index in [1.807, 2.05) is 30.3 Å². The van der Waals surface area contributed by atoms with Crippen LogP contribution in [0.1, 0.15) is 28.8 Å². The third kappa shape index (κ3) is 2.80. The highest BCUT2D eigenvalue weighted by atomic mass is 16.2. The predicted molar refractivity (Wildman–Crippen MR) is 112 cm³/mol. The Morgan fingerprint density at radius 3 is 2.81 bits per heavy atom. The summed E-state index contributed by atoms with van der Waals surface area (Å²) in [6.07, 6.45) is 2.35. The van der Waals surface area contributed by atoms with Crippen LogP contribution in [0.2, 0.25) is 0 Å². The Morgan fingerprint density at radius 1 is 1.06 bits per heavy atom. The van der Waals surface area contributed by atoms with Crippen molar-refractivity contribution in [2.24, 2.45) is 0 Å². The van der Waals surface area contributed by atoms with Gasteiger partial charge in [-0.25, -0.2) is 4.68 Å². The maximum Gasteiger partial charge on any atom is 0.255 e. The Morgan fingerprint density at radius 2 is 1.94 bits per heavy atom. The van der Waals surface area contributed by atoms with Gasteiger partial charge in [0.05, 0.1) is 17.4 Å². The maximum absolute atomic E-state index is 12.9. The molecule has 1 fully saturated rings. The maximum atomic E-state index is 12.9. The molecule has 0 saturated carbocycles. The highest BCUT2D eigenvalue weighted by molar-refractivity contribution is 6.05. The molecule has 10 nitrogen and oxygen atoms in total. The van der Waals surface area contributed by atoms with Gasteiger partial charge in [0.2, 0.25) is 11.8 Å². The average molecular weight is 427 g/mol. The molecular formula is C22H17N7O3. The van der Waals surface area contributed by atoms with Crippen LogP contribution in [0.4, 0.5) is 0 Å². The number of nitrogens with zero attached hydrogens (tertiary/aromatic N) is 5. The van der Waals surface area contributed by atoms with Crippen molar-refractivity contribution in [2.45, 2.75) is 25.4 Å². The first kappa shape index (κ1) is 18.4. The van der Waals surface area contributed by atoms with Crippen molar-refractivity contribution in [3.05, 3.63) is 59.8 Å². The number of hydrogen-bond donors (Lipinski definition) is 2. The minimum atomic E-state index is -0.637. The zero-order valence-electron chi connectivity index (χ0n) is 16.8. The van der Waals surface area contributed by atoms with Crippen molar-refractivity contribution in [2.75, 3.05) is 0 Å². The molecular weight excluding hydrogens is 410 g/mol. The first-order valence-corrected chi connectivity index (χ1v) is 10.2. The van der Waals surface area contributed by atoms with E-state index in [1.165, 1.54) is 4.90 Å². The lowest BCUT2D eigenvalue weighted by Crippen LogP contribution is -2.52. The molecule has 4 aromatic rings. The smallest absolute Gasteiger partial charge is 0.255 e. The molecule has 0 radical (unpaired) electrons. The van der Waals surface area contributed by atoms with Gasteiger partial charge in [0.25, 0.3) is 5.91 Å². The SMILES string of the molecule is O=C1CCC(N2Cc3cc(-n4cc(-c5n[nH]c6ccccc56)nn4)ccc3C2=O)C(=O)N1. The van der Waals surface area contributed by atoms with E-state index in [9.17, 15) is 14.4 Å². The van der Waals surface area contributed by atoms with Gasteiger partial charge in [-0.15, -0.1) is 5.10 Å². The molecule has 2 N–H and O–H groups in total. The van der Waals surface area contributed by atoms with E-state index < -0.39 is 11.9 Å². The number of H-pyrrole nitrogens is 1. The van der Waals surface area contributed by atoms with Gasteiger partial charge in [-0.3, -0.25) is 24.8 Å². The normalized spacial score (nSPS) is 18.3. The van der Waals surface area contributed by atoms with Crippen LogP contribution in [0.3, 0.4) is 0 Å². The van der Waals surface area contributed by atoms with E-state index >= 15 is 0 Å². The summed E-state index contributed by atoms with van der Waals surface area (Å²) in [4.78, 5) is 38.1. The lowest BCUT2D eigenvalue weighted by atomic mass is 10.0. The van der Waals surface area contributed by atoms with Gasteiger partial charge in [0.1, 0.15) is 17.4 Å². The van der Waals surface area contributed by atoms with E-state index in [1.54, 1.807) is 23.0 Å². The van der Waals surface area contributed by atoms with Crippen LogP contribution in [-0.4, -0.2) is 53.9 Å². The highest BCUT2D eigenvalue weighted by Gasteiger charge is 2.39. The number of aromatic amines is 1. The lowest BCUT2D eigenvalue weighted by molar-refractivity contribution is -0.136. The van der Waals surface area contributed by atoms with Crippen molar-refractivity contribution >= 4 is 28.6 Å². The molecule has 4 heterocycles. The zero-order valence-corrected chi connectivity index (χ0v) is 16.8. The summed E-state index contributed by atoms with van der Waals surface area (Å²) in [6, 6.07) is 12.6. The number of fused-ring (bicyclic) bond motifs is 2. The fourth-order valence-electron chi connectivity index (χ4n) is 4.36. The van der Waals surface area contributed by atoms with E-state index in [4.69, 9.17) is 0 Å². The first-order chi connectivity index (χ1) is 15.6. The predicted octanol–water partition coefficient (Wildman–Crippen LogP) is 1.57. The largest absolute Gasteiger partial charge is 0.322 e. The molecule has 3 amide bonds. The summed E-state index contributed by atoms with van der Waals surface area (Å²) >= 11 is 0. The number of imide groups is 1. The minimum Gasteiger partial charge on any atom is -0.322 e. The number of aromatic nitrogens is 5. The molecule has 1 unspecified atom stereocenters. The van der Waals surface area contributed by atoms with E-state index in [-0.39, 0.29) is 18.2 Å². The van der Waals surface area contributed by atoms with Gasteiger partial charge in [0, 0.05) is 23.9 Å². The summed E-state index contributed by atoms with van der Waals surface area (Å²) in [5.41, 5.74) is 4.37. The number of carbonyl (C=O) groups excluding carboxylic acids is 3. The quantitative estimate of drug-likeness (QED) is 0.478. The van der Waals surface area contributed by atoms with Crippen LogP contribution >= 0.6 is 0 Å². The summed E-state index contributed by atoms with van der Waals surface area (Å²) in [5.74, 6) is -0.928. The molecule has 158 valence electrons. The van der Waals surface area contributed by atoms with Crippen LogP contribution in [-0.2, 0) is 16.1 Å². The fourth-order valence-corrected chi connectivity index (χ4v) is 4.36. The van der Waals surface area contributed by atoms with E-state index in [0.717, 1.165) is 22.2 Å². The molecule has 0 bridgehead atoms. The second-order valence-electron chi connectivity index (χ2n) is 7.91. The van der Waals surface area contributed by atoms with Crippen LogP contribution in [0.15, 0.2) is 48.7 Å². The van der Waals surface area contributed by atoms with Gasteiger partial charge >= 0.3 is 0 Å². The zero-order chi connectivity index (χ0) is 21.8. The van der Waals surface area contributed by atoms with E-state index in [2.05, 4.69) is 25.8 Å². The standard InChI is InChI=1S/C22H17N7O3/c30-19-8-7-18(21(31)23-19)28-10-12-9-13(5-6-14(12)22(28)32)29-11-17(25-27-29)20-15-3-1-2-4-16(15)24-26-20/h1-6,9,11,18H,7-8,10H2,(H,24,26)(H,23,30,31). The molecule has 2 aromatic carbocycles. The van der Waals surface area contributed by atoms with Crippen molar-refractivity contribution in [1.82, 2.24) is 35.4 Å². The number of benzene rings is 2. The number of hydrogen-bond acceptors (Lipinski definition) is 6. The van der Waals surface area contributed by atoms with Crippen LogP contribution < -0.4 is 5.32 Å². The molecule has 0 spiro atoms. The molecule has 1 saturated heterocycles. The van der Waals surface area contributed by atoms with E-state index in [0.29, 0.717) is 29.9 Å². The fraction of sp³-hybridized carbons (Fsp3) is 0.182. The lowest BCUT2D eigenvalue weighted by Gasteiger charge is -2.29. The summed E-state index contributed by atoms with van der Waals surface area (Å²) in [5, 5.41) is 19.1. The van der Waals surface area contributed by atoms with Crippen molar-refractivity contribution < 1.29 is 14.4 Å². The second-order valence-corrected chi connectivity index (χ2v) is 7.91. The Balaban J connectivity index is 1.29. The molecule has 32 heavy (non-hydrogen) atoms. The Kier molecular flexibility index (Phi) is 3.94. The highest BCUT2D eigenvalue weighted by Crippen LogP contribution is 2.30. The number of nitrogens with one attached hydrogen (secondary N) is 2. The van der Waals surface area contributed by atoms with Crippen molar-refractivity contribution in [3.63, 3.8) is 0 Å². The number of amides is 3. The van der Waals surface area contributed by atoms with Gasteiger partial charge in [-0.2, -0.15) is 5.10 Å². The topological polar surface area (TPSA) is 126 Å². The van der Waals surface area contributed by atoms with Crippen LogP contribution in [0.25, 0.3) is 28.0 Å². The van der Waals surface area contributed by atoms with Gasteiger partial charge in [-0.1, -0.05) is 23.4 Å². The van der Waals surface area contributed by atoms with Crippen LogP contribution in [0, 0.1) is 0 Å². The molecule has 0 aliphatic carbocycles. The van der Waals surface area contributed by atoms with Gasteiger partial charge < -0.3 is 4.90 Å². The van der Waals surface area contributed by atoms with Gasteiger partial charge in [-0.05, 0) is 36.2 Å². The number of carbonyl (C=O) groups is 3. The Bertz CT molecular complexity index is 1420. The third-order valence-corrected chi connectivity index (χ3v) is 5.98.